The SMILES string of the molecule is C=C/C(Cl)=C\C(=C)C(=C)c1sc(C(=O)N[C@H]2CCOc3ccccc32)c(C(C)C)c1N=C. The Labute approximate surface area is 198 Å². The highest BCUT2D eigenvalue weighted by molar-refractivity contribution is 7.16. The summed E-state index contributed by atoms with van der Waals surface area (Å²) in [6.45, 7) is 20.3. The van der Waals surface area contributed by atoms with Gasteiger partial charge in [0.05, 0.1) is 28.1 Å². The molecule has 1 atom stereocenters. The summed E-state index contributed by atoms with van der Waals surface area (Å²) in [4.78, 5) is 19.1. The maximum absolute atomic E-state index is 13.4. The van der Waals surface area contributed by atoms with Gasteiger partial charge in [-0.2, -0.15) is 0 Å². The second-order valence-corrected chi connectivity index (χ2v) is 9.23. The van der Waals surface area contributed by atoms with Crippen LogP contribution in [0.1, 0.15) is 57.9 Å². The minimum absolute atomic E-state index is 0.0663. The van der Waals surface area contributed by atoms with E-state index >= 15 is 0 Å². The summed E-state index contributed by atoms with van der Waals surface area (Å²) in [6.07, 6.45) is 3.93. The minimum Gasteiger partial charge on any atom is -0.493 e. The van der Waals surface area contributed by atoms with Crippen molar-refractivity contribution in [1.29, 1.82) is 0 Å². The molecule has 3 rings (SSSR count). The van der Waals surface area contributed by atoms with Crippen LogP contribution in [0.15, 0.2) is 71.8 Å². The van der Waals surface area contributed by atoms with E-state index < -0.39 is 0 Å². The first-order valence-electron chi connectivity index (χ1n) is 10.3. The van der Waals surface area contributed by atoms with E-state index in [0.29, 0.717) is 39.8 Å². The number of thiophene rings is 1. The molecule has 0 fully saturated rings. The second kappa shape index (κ2) is 10.2. The van der Waals surface area contributed by atoms with E-state index in [-0.39, 0.29) is 17.9 Å². The summed E-state index contributed by atoms with van der Waals surface area (Å²) < 4.78 is 5.73. The Balaban J connectivity index is 1.99. The van der Waals surface area contributed by atoms with E-state index in [1.807, 2.05) is 38.1 Å². The lowest BCUT2D eigenvalue weighted by atomic mass is 9.97. The number of rotatable bonds is 8. The Morgan fingerprint density at radius 1 is 1.31 bits per heavy atom. The summed E-state index contributed by atoms with van der Waals surface area (Å²) in [6, 6.07) is 7.67. The number of allylic oxidation sites excluding steroid dienone is 5. The maximum Gasteiger partial charge on any atom is 0.262 e. The van der Waals surface area contributed by atoms with Gasteiger partial charge in [-0.3, -0.25) is 9.79 Å². The molecule has 166 valence electrons. The number of aliphatic imine (C=N–C) groups is 1. The van der Waals surface area contributed by atoms with Crippen molar-refractivity contribution in [1.82, 2.24) is 5.32 Å². The molecule has 2 heterocycles. The Morgan fingerprint density at radius 3 is 2.69 bits per heavy atom. The largest absolute Gasteiger partial charge is 0.493 e. The Bertz CT molecular complexity index is 1130. The van der Waals surface area contributed by atoms with Crippen LogP contribution in [0.2, 0.25) is 0 Å². The van der Waals surface area contributed by atoms with E-state index in [0.717, 1.165) is 21.8 Å². The fourth-order valence-corrected chi connectivity index (χ4v) is 5.13. The van der Waals surface area contributed by atoms with Gasteiger partial charge in [-0.05, 0) is 35.9 Å². The third kappa shape index (κ3) is 4.79. The summed E-state index contributed by atoms with van der Waals surface area (Å²) in [5, 5.41) is 3.65. The molecule has 1 aromatic carbocycles. The second-order valence-electron chi connectivity index (χ2n) is 7.77. The molecule has 1 aliphatic rings. The zero-order chi connectivity index (χ0) is 23.4. The number of carbonyl (C=O) groups is 1. The average Bonchev–Trinajstić information content (AvgIpc) is 3.18. The third-order valence-corrected chi connectivity index (χ3v) is 6.81. The number of ether oxygens (including phenoxy) is 1. The van der Waals surface area contributed by atoms with Crippen LogP contribution in [-0.4, -0.2) is 19.2 Å². The van der Waals surface area contributed by atoms with E-state index in [9.17, 15) is 4.79 Å². The third-order valence-electron chi connectivity index (χ3n) is 5.29. The highest BCUT2D eigenvalue weighted by atomic mass is 35.5. The quantitative estimate of drug-likeness (QED) is 0.327. The molecular formula is C26H27ClN2O2S. The van der Waals surface area contributed by atoms with Crippen LogP contribution in [0.25, 0.3) is 5.57 Å². The van der Waals surface area contributed by atoms with Crippen molar-refractivity contribution < 1.29 is 9.53 Å². The molecule has 6 heteroatoms. The molecule has 0 saturated heterocycles. The van der Waals surface area contributed by atoms with E-state index in [1.165, 1.54) is 17.4 Å². The van der Waals surface area contributed by atoms with Crippen molar-refractivity contribution in [3.05, 3.63) is 87.6 Å². The summed E-state index contributed by atoms with van der Waals surface area (Å²) in [7, 11) is 0. The molecule has 1 aromatic heterocycles. The van der Waals surface area contributed by atoms with Crippen molar-refractivity contribution in [2.24, 2.45) is 4.99 Å². The normalized spacial score (nSPS) is 15.5. The van der Waals surface area contributed by atoms with Gasteiger partial charge in [0.15, 0.2) is 0 Å². The van der Waals surface area contributed by atoms with Gasteiger partial charge in [0.25, 0.3) is 5.91 Å². The fraction of sp³-hybridized carbons (Fsp3) is 0.231. The monoisotopic (exact) mass is 466 g/mol. The average molecular weight is 467 g/mol. The number of fused-ring (bicyclic) bond motifs is 1. The number of hydrogen-bond acceptors (Lipinski definition) is 4. The van der Waals surface area contributed by atoms with Crippen molar-refractivity contribution in [3.63, 3.8) is 0 Å². The van der Waals surface area contributed by atoms with Gasteiger partial charge in [-0.15, -0.1) is 11.3 Å². The van der Waals surface area contributed by atoms with Crippen molar-refractivity contribution in [2.75, 3.05) is 6.61 Å². The fourth-order valence-electron chi connectivity index (χ4n) is 3.68. The van der Waals surface area contributed by atoms with Gasteiger partial charge in [0.1, 0.15) is 5.75 Å². The lowest BCUT2D eigenvalue weighted by Gasteiger charge is -2.26. The summed E-state index contributed by atoms with van der Waals surface area (Å²) in [5.74, 6) is 0.732. The molecule has 32 heavy (non-hydrogen) atoms. The van der Waals surface area contributed by atoms with E-state index in [1.54, 1.807) is 6.08 Å². The molecule has 0 saturated carbocycles. The van der Waals surface area contributed by atoms with Crippen LogP contribution in [0.3, 0.4) is 0 Å². The van der Waals surface area contributed by atoms with Gasteiger partial charge in [-0.25, -0.2) is 0 Å². The zero-order valence-corrected chi connectivity index (χ0v) is 20.0. The predicted octanol–water partition coefficient (Wildman–Crippen LogP) is 7.34. The highest BCUT2D eigenvalue weighted by Crippen LogP contribution is 2.45. The Hall–Kier alpha value is -2.89. The van der Waals surface area contributed by atoms with E-state index in [2.05, 4.69) is 36.8 Å². The molecule has 0 radical (unpaired) electrons. The molecular weight excluding hydrogens is 440 g/mol. The van der Waals surface area contributed by atoms with Crippen LogP contribution in [0.4, 0.5) is 5.69 Å². The Kier molecular flexibility index (Phi) is 7.54. The van der Waals surface area contributed by atoms with Crippen molar-refractivity contribution >= 4 is 46.8 Å². The lowest BCUT2D eigenvalue weighted by Crippen LogP contribution is -2.32. The number of halogens is 1. The number of hydrogen-bond donors (Lipinski definition) is 1. The standard InChI is InChI=1S/C26H27ClN2O2S/c1-7-18(27)14-16(4)17(5)24-23(28-6)22(15(2)3)25(32-24)26(30)29-20-12-13-31-21-11-9-8-10-19(20)21/h7-11,14-15,20H,1,4-6,12-13H2,2-3H3,(H,29,30)/b18-14+/t20-/m0/s1. The molecule has 0 bridgehead atoms. The summed E-state index contributed by atoms with van der Waals surface area (Å²) in [5.41, 5.74) is 3.78. The Morgan fingerprint density at radius 2 is 2.03 bits per heavy atom. The van der Waals surface area contributed by atoms with Crippen LogP contribution >= 0.6 is 22.9 Å². The van der Waals surface area contributed by atoms with Gasteiger partial charge < -0.3 is 10.1 Å². The molecule has 0 unspecified atom stereocenters. The zero-order valence-electron chi connectivity index (χ0n) is 18.4. The minimum atomic E-state index is -0.144. The smallest absolute Gasteiger partial charge is 0.262 e. The molecule has 0 spiro atoms. The van der Waals surface area contributed by atoms with Gasteiger partial charge in [0.2, 0.25) is 0 Å². The molecule has 0 aliphatic carbocycles. The van der Waals surface area contributed by atoms with Crippen LogP contribution < -0.4 is 10.1 Å². The predicted molar refractivity (Wildman–Crippen MR) is 137 cm³/mol. The van der Waals surface area contributed by atoms with Crippen LogP contribution in [0.5, 0.6) is 5.75 Å². The number of carbonyl (C=O) groups excluding carboxylic acids is 1. The van der Waals surface area contributed by atoms with Crippen molar-refractivity contribution in [2.45, 2.75) is 32.2 Å². The number of amides is 1. The van der Waals surface area contributed by atoms with Gasteiger partial charge in [0, 0.05) is 22.6 Å². The first-order valence-corrected chi connectivity index (χ1v) is 11.5. The summed E-state index contributed by atoms with van der Waals surface area (Å²) >= 11 is 7.44. The van der Waals surface area contributed by atoms with Crippen molar-refractivity contribution in [3.8, 4) is 5.75 Å². The topological polar surface area (TPSA) is 50.7 Å². The van der Waals surface area contributed by atoms with Crippen LogP contribution in [-0.2, 0) is 0 Å². The molecule has 1 amide bonds. The molecule has 2 aromatic rings. The number of nitrogens with zero attached hydrogens (tertiary/aromatic N) is 1. The van der Waals surface area contributed by atoms with Gasteiger partial charge in [-0.1, -0.05) is 69.5 Å². The highest BCUT2D eigenvalue weighted by Gasteiger charge is 2.29. The number of nitrogens with one attached hydrogen (secondary N) is 1. The lowest BCUT2D eigenvalue weighted by molar-refractivity contribution is 0.0927. The molecule has 1 aliphatic heterocycles. The van der Waals surface area contributed by atoms with Crippen LogP contribution in [0, 0.1) is 0 Å². The molecule has 4 nitrogen and oxygen atoms in total. The first-order chi connectivity index (χ1) is 15.3. The first kappa shape index (κ1) is 23.8. The molecule has 1 N–H and O–H groups in total. The van der Waals surface area contributed by atoms with E-state index in [4.69, 9.17) is 16.3 Å². The number of para-hydroxylation sites is 1. The number of benzene rings is 1. The van der Waals surface area contributed by atoms with Gasteiger partial charge >= 0.3 is 0 Å². The maximum atomic E-state index is 13.4.